The molecule has 1 fully saturated rings. The van der Waals surface area contributed by atoms with Crippen molar-refractivity contribution in [1.29, 1.82) is 0 Å². The number of carbonyl (C=O) groups excluding carboxylic acids is 1. The van der Waals surface area contributed by atoms with Crippen LogP contribution in [0.2, 0.25) is 0 Å². The second kappa shape index (κ2) is 7.82. The zero-order valence-corrected chi connectivity index (χ0v) is 13.1. The van der Waals surface area contributed by atoms with E-state index in [9.17, 15) is 4.79 Å². The molecule has 5 heteroatoms. The fraction of sp³-hybridized carbons (Fsp3) is 0.929. The monoisotopic (exact) mass is 270 g/mol. The highest BCUT2D eigenvalue weighted by Gasteiger charge is 2.21. The first-order valence-electron chi connectivity index (χ1n) is 7.22. The molecule has 1 atom stereocenters. The van der Waals surface area contributed by atoms with Gasteiger partial charge in [0.1, 0.15) is 0 Å². The number of likely N-dealkylation sites (N-methyl/N-ethyl adjacent to an activating group) is 2. The number of rotatable bonds is 6. The molecule has 0 aromatic heterocycles. The minimum Gasteiger partial charge on any atom is -0.348 e. The number of amides is 1. The SMILES string of the molecule is CC(CNC1CCN(CC(=O)N(C)C)CC1)N(C)C. The van der Waals surface area contributed by atoms with Crippen LogP contribution in [0, 0.1) is 0 Å². The first-order chi connectivity index (χ1) is 8.90. The van der Waals surface area contributed by atoms with Gasteiger partial charge < -0.3 is 15.1 Å². The summed E-state index contributed by atoms with van der Waals surface area (Å²) in [5.74, 6) is 0.202. The van der Waals surface area contributed by atoms with E-state index in [1.165, 1.54) is 0 Å². The average Bonchev–Trinajstić information content (AvgIpc) is 2.37. The summed E-state index contributed by atoms with van der Waals surface area (Å²) in [6, 6.07) is 1.17. The van der Waals surface area contributed by atoms with Crippen molar-refractivity contribution >= 4 is 5.91 Å². The highest BCUT2D eigenvalue weighted by Crippen LogP contribution is 2.10. The molecule has 1 unspecified atom stereocenters. The largest absolute Gasteiger partial charge is 0.348 e. The normalized spacial score (nSPS) is 19.7. The Morgan fingerprint density at radius 2 is 1.84 bits per heavy atom. The van der Waals surface area contributed by atoms with Crippen LogP contribution >= 0.6 is 0 Å². The molecule has 0 spiro atoms. The minimum absolute atomic E-state index is 0.202. The van der Waals surface area contributed by atoms with Gasteiger partial charge in [0.2, 0.25) is 5.91 Å². The number of carbonyl (C=O) groups is 1. The molecular weight excluding hydrogens is 240 g/mol. The highest BCUT2D eigenvalue weighted by molar-refractivity contribution is 5.77. The molecule has 1 aliphatic heterocycles. The molecule has 1 aliphatic rings. The van der Waals surface area contributed by atoms with Gasteiger partial charge in [0, 0.05) is 45.8 Å². The first kappa shape index (κ1) is 16.4. The molecule has 0 aliphatic carbocycles. The Kier molecular flexibility index (Phi) is 6.75. The number of nitrogens with zero attached hydrogens (tertiary/aromatic N) is 3. The van der Waals surface area contributed by atoms with Crippen LogP contribution in [0.25, 0.3) is 0 Å². The van der Waals surface area contributed by atoms with Crippen LogP contribution in [-0.4, -0.2) is 87.1 Å². The van der Waals surface area contributed by atoms with E-state index in [-0.39, 0.29) is 5.91 Å². The lowest BCUT2D eigenvalue weighted by Gasteiger charge is -2.33. The topological polar surface area (TPSA) is 38.8 Å². The molecule has 1 N–H and O–H groups in total. The van der Waals surface area contributed by atoms with Crippen LogP contribution in [-0.2, 0) is 4.79 Å². The Morgan fingerprint density at radius 3 is 2.32 bits per heavy atom. The van der Waals surface area contributed by atoms with E-state index < -0.39 is 0 Å². The molecule has 1 saturated heterocycles. The third-order valence-corrected chi connectivity index (χ3v) is 4.03. The molecule has 19 heavy (non-hydrogen) atoms. The fourth-order valence-electron chi connectivity index (χ4n) is 2.15. The molecule has 1 rings (SSSR count). The average molecular weight is 270 g/mol. The van der Waals surface area contributed by atoms with Gasteiger partial charge >= 0.3 is 0 Å². The molecule has 1 amide bonds. The number of piperidine rings is 1. The van der Waals surface area contributed by atoms with Crippen molar-refractivity contribution in [2.24, 2.45) is 0 Å². The van der Waals surface area contributed by atoms with Crippen molar-refractivity contribution < 1.29 is 4.79 Å². The van der Waals surface area contributed by atoms with E-state index in [0.29, 0.717) is 18.6 Å². The summed E-state index contributed by atoms with van der Waals surface area (Å²) in [5.41, 5.74) is 0. The second-order valence-electron chi connectivity index (χ2n) is 6.06. The number of hydrogen-bond donors (Lipinski definition) is 1. The van der Waals surface area contributed by atoms with Crippen LogP contribution in [0.3, 0.4) is 0 Å². The van der Waals surface area contributed by atoms with Gasteiger partial charge in [-0.1, -0.05) is 0 Å². The molecular formula is C14H30N4O. The summed E-state index contributed by atoms with van der Waals surface area (Å²) in [6.45, 7) is 5.88. The van der Waals surface area contributed by atoms with Gasteiger partial charge in [-0.3, -0.25) is 9.69 Å². The maximum atomic E-state index is 11.6. The third kappa shape index (κ3) is 5.89. The predicted octanol–water partition coefficient (Wildman–Crippen LogP) is 0.0787. The first-order valence-corrected chi connectivity index (χ1v) is 7.22. The van der Waals surface area contributed by atoms with Gasteiger partial charge in [-0.15, -0.1) is 0 Å². The summed E-state index contributed by atoms with van der Waals surface area (Å²) in [6.07, 6.45) is 2.28. The molecule has 0 aromatic carbocycles. The number of nitrogens with one attached hydrogen (secondary N) is 1. The summed E-state index contributed by atoms with van der Waals surface area (Å²) < 4.78 is 0. The molecule has 5 nitrogen and oxygen atoms in total. The lowest BCUT2D eigenvalue weighted by Crippen LogP contribution is -2.48. The Hall–Kier alpha value is -0.650. The van der Waals surface area contributed by atoms with E-state index in [1.807, 2.05) is 14.1 Å². The van der Waals surface area contributed by atoms with Crippen molar-refractivity contribution in [3.8, 4) is 0 Å². The van der Waals surface area contributed by atoms with Crippen molar-refractivity contribution in [2.45, 2.75) is 31.8 Å². The van der Waals surface area contributed by atoms with Crippen molar-refractivity contribution in [3.63, 3.8) is 0 Å². The zero-order valence-electron chi connectivity index (χ0n) is 13.1. The standard InChI is InChI=1S/C14H30N4O/c1-12(16(2)3)10-15-13-6-8-18(9-7-13)11-14(19)17(4)5/h12-13,15H,6-11H2,1-5H3. The lowest BCUT2D eigenvalue weighted by atomic mass is 10.0. The molecule has 1 heterocycles. The van der Waals surface area contributed by atoms with E-state index in [1.54, 1.807) is 4.90 Å². The summed E-state index contributed by atoms with van der Waals surface area (Å²) in [4.78, 5) is 17.8. The maximum absolute atomic E-state index is 11.6. The molecule has 0 radical (unpaired) electrons. The Balaban J connectivity index is 2.20. The number of hydrogen-bond acceptors (Lipinski definition) is 4. The van der Waals surface area contributed by atoms with Crippen LogP contribution in [0.1, 0.15) is 19.8 Å². The number of likely N-dealkylation sites (tertiary alicyclic amines) is 1. The Morgan fingerprint density at radius 1 is 1.26 bits per heavy atom. The van der Waals surface area contributed by atoms with Crippen LogP contribution in [0.5, 0.6) is 0 Å². The van der Waals surface area contributed by atoms with Crippen LogP contribution in [0.4, 0.5) is 0 Å². The van der Waals surface area contributed by atoms with E-state index in [0.717, 1.165) is 32.5 Å². The fourth-order valence-corrected chi connectivity index (χ4v) is 2.15. The van der Waals surface area contributed by atoms with Crippen LogP contribution < -0.4 is 5.32 Å². The van der Waals surface area contributed by atoms with E-state index in [2.05, 4.69) is 36.1 Å². The Labute approximate surface area is 117 Å². The summed E-state index contributed by atoms with van der Waals surface area (Å²) in [5, 5.41) is 3.64. The van der Waals surface area contributed by atoms with E-state index in [4.69, 9.17) is 0 Å². The molecule has 0 bridgehead atoms. The van der Waals surface area contributed by atoms with Crippen molar-refractivity contribution in [2.75, 3.05) is 54.4 Å². The van der Waals surface area contributed by atoms with E-state index >= 15 is 0 Å². The van der Waals surface area contributed by atoms with Gasteiger partial charge in [0.15, 0.2) is 0 Å². The van der Waals surface area contributed by atoms with Gasteiger partial charge in [0.25, 0.3) is 0 Å². The van der Waals surface area contributed by atoms with Crippen molar-refractivity contribution in [1.82, 2.24) is 20.0 Å². The highest BCUT2D eigenvalue weighted by atomic mass is 16.2. The zero-order chi connectivity index (χ0) is 14.4. The quantitative estimate of drug-likeness (QED) is 0.742. The van der Waals surface area contributed by atoms with Crippen LogP contribution in [0.15, 0.2) is 0 Å². The smallest absolute Gasteiger partial charge is 0.236 e. The third-order valence-electron chi connectivity index (χ3n) is 4.03. The van der Waals surface area contributed by atoms with Crippen molar-refractivity contribution in [3.05, 3.63) is 0 Å². The maximum Gasteiger partial charge on any atom is 0.236 e. The molecule has 112 valence electrons. The minimum atomic E-state index is 0.202. The van der Waals surface area contributed by atoms with Gasteiger partial charge in [-0.2, -0.15) is 0 Å². The predicted molar refractivity (Wildman–Crippen MR) is 79.3 cm³/mol. The Bertz CT molecular complexity index is 273. The lowest BCUT2D eigenvalue weighted by molar-refractivity contribution is -0.130. The molecule has 0 aromatic rings. The summed E-state index contributed by atoms with van der Waals surface area (Å²) >= 11 is 0. The van der Waals surface area contributed by atoms with Gasteiger partial charge in [0.05, 0.1) is 6.54 Å². The second-order valence-corrected chi connectivity index (χ2v) is 6.06. The van der Waals surface area contributed by atoms with Gasteiger partial charge in [-0.05, 0) is 33.9 Å². The molecule has 0 saturated carbocycles. The summed E-state index contributed by atoms with van der Waals surface area (Å²) in [7, 11) is 7.86. The van der Waals surface area contributed by atoms with Gasteiger partial charge in [-0.25, -0.2) is 0 Å².